The average Bonchev–Trinajstić information content (AvgIpc) is 2.53. The van der Waals surface area contributed by atoms with E-state index in [0.717, 1.165) is 5.69 Å². The predicted molar refractivity (Wildman–Crippen MR) is 98.1 cm³/mol. The van der Waals surface area contributed by atoms with Gasteiger partial charge in [0, 0.05) is 12.2 Å². The van der Waals surface area contributed by atoms with E-state index >= 15 is 0 Å². The number of nitrogens with one attached hydrogen (secondary N) is 2. The van der Waals surface area contributed by atoms with E-state index in [0.29, 0.717) is 16.6 Å². The summed E-state index contributed by atoms with van der Waals surface area (Å²) in [4.78, 5) is 11.8. The van der Waals surface area contributed by atoms with Crippen molar-refractivity contribution in [2.45, 2.75) is 13.5 Å². The van der Waals surface area contributed by atoms with Crippen LogP contribution in [0.25, 0.3) is 0 Å². The van der Waals surface area contributed by atoms with Crippen molar-refractivity contribution in [3.63, 3.8) is 0 Å². The van der Waals surface area contributed by atoms with Gasteiger partial charge in [-0.3, -0.25) is 4.79 Å². The monoisotopic (exact) mass is 330 g/mol. The highest BCUT2D eigenvalue weighted by Crippen LogP contribution is 2.09. The van der Waals surface area contributed by atoms with Crippen molar-refractivity contribution in [2.24, 2.45) is 0 Å². The van der Waals surface area contributed by atoms with Gasteiger partial charge >= 0.3 is 0 Å². The molecule has 2 aromatic rings. The van der Waals surface area contributed by atoms with E-state index in [1.807, 2.05) is 30.3 Å². The summed E-state index contributed by atoms with van der Waals surface area (Å²) < 4.78 is 0.629. The zero-order valence-corrected chi connectivity index (χ0v) is 14.0. The van der Waals surface area contributed by atoms with Gasteiger partial charge in [0.05, 0.1) is 5.75 Å². The zero-order chi connectivity index (χ0) is 15.8. The van der Waals surface area contributed by atoms with Gasteiger partial charge in [-0.15, -0.1) is 0 Å². The molecule has 2 rings (SSSR count). The number of para-hydroxylation sites is 1. The predicted octanol–water partition coefficient (Wildman–Crippen LogP) is 3.74. The zero-order valence-electron chi connectivity index (χ0n) is 12.3. The van der Waals surface area contributed by atoms with Crippen molar-refractivity contribution in [2.75, 3.05) is 11.1 Å². The molecule has 0 aromatic heterocycles. The van der Waals surface area contributed by atoms with Crippen molar-refractivity contribution in [1.82, 2.24) is 5.32 Å². The third kappa shape index (κ3) is 5.87. The molecule has 0 fully saturated rings. The van der Waals surface area contributed by atoms with Gasteiger partial charge in [0.1, 0.15) is 4.32 Å². The van der Waals surface area contributed by atoms with Gasteiger partial charge in [-0.2, -0.15) is 0 Å². The molecule has 114 valence electrons. The maximum absolute atomic E-state index is 11.8. The number of anilines is 1. The fourth-order valence-corrected chi connectivity index (χ4v) is 2.54. The normalized spacial score (nSPS) is 10.0. The van der Waals surface area contributed by atoms with Crippen LogP contribution in [-0.2, 0) is 11.3 Å². The van der Waals surface area contributed by atoms with Crippen LogP contribution in [0.1, 0.15) is 11.1 Å². The van der Waals surface area contributed by atoms with Gasteiger partial charge < -0.3 is 10.6 Å². The lowest BCUT2D eigenvalue weighted by atomic mass is 10.1. The number of thioether (sulfide) groups is 1. The molecule has 0 aliphatic carbocycles. The highest BCUT2D eigenvalue weighted by Gasteiger charge is 2.05. The molecule has 0 spiro atoms. The first-order valence-electron chi connectivity index (χ1n) is 6.94. The minimum Gasteiger partial charge on any atom is -0.367 e. The largest absolute Gasteiger partial charge is 0.367 e. The van der Waals surface area contributed by atoms with E-state index in [1.165, 1.54) is 22.9 Å². The number of amides is 1. The molecule has 3 nitrogen and oxygen atoms in total. The van der Waals surface area contributed by atoms with Crippen LogP contribution in [0.4, 0.5) is 5.69 Å². The Kier molecular flexibility index (Phi) is 6.43. The number of aryl methyl sites for hydroxylation is 1. The molecular weight excluding hydrogens is 312 g/mol. The smallest absolute Gasteiger partial charge is 0.234 e. The third-order valence-electron chi connectivity index (χ3n) is 2.95. The first-order chi connectivity index (χ1) is 10.6. The fraction of sp³-hybridized carbons (Fsp3) is 0.176. The molecule has 0 saturated carbocycles. The molecule has 2 N–H and O–H groups in total. The van der Waals surface area contributed by atoms with Gasteiger partial charge in [-0.05, 0) is 24.6 Å². The lowest BCUT2D eigenvalue weighted by Crippen LogP contribution is -2.21. The Balaban J connectivity index is 1.69. The summed E-state index contributed by atoms with van der Waals surface area (Å²) in [5.41, 5.74) is 3.20. The lowest BCUT2D eigenvalue weighted by Gasteiger charge is -2.08. The van der Waals surface area contributed by atoms with Gasteiger partial charge in [0.2, 0.25) is 5.91 Å². The molecular formula is C17H18N2OS2. The molecule has 5 heteroatoms. The fourth-order valence-electron chi connectivity index (χ4n) is 1.78. The highest BCUT2D eigenvalue weighted by atomic mass is 32.2. The number of carbonyl (C=O) groups excluding carboxylic acids is 1. The molecule has 0 saturated heterocycles. The van der Waals surface area contributed by atoms with Crippen LogP contribution in [0.2, 0.25) is 0 Å². The van der Waals surface area contributed by atoms with Crippen LogP contribution >= 0.6 is 24.0 Å². The van der Waals surface area contributed by atoms with Gasteiger partial charge in [-0.25, -0.2) is 0 Å². The molecule has 0 aliphatic heterocycles. The van der Waals surface area contributed by atoms with E-state index in [9.17, 15) is 4.79 Å². The molecule has 2 aromatic carbocycles. The van der Waals surface area contributed by atoms with Crippen LogP contribution in [0.3, 0.4) is 0 Å². The van der Waals surface area contributed by atoms with E-state index in [4.69, 9.17) is 12.2 Å². The molecule has 0 aliphatic rings. The number of rotatable bonds is 5. The minimum absolute atomic E-state index is 0.0596. The topological polar surface area (TPSA) is 41.1 Å². The highest BCUT2D eigenvalue weighted by molar-refractivity contribution is 8.23. The SMILES string of the molecule is Cc1ccc(CNC(=S)SCC(=O)Nc2ccccc2)cc1. The van der Waals surface area contributed by atoms with E-state index in [-0.39, 0.29) is 5.91 Å². The van der Waals surface area contributed by atoms with Gasteiger partial charge in [0.25, 0.3) is 0 Å². The van der Waals surface area contributed by atoms with Crippen LogP contribution in [0.15, 0.2) is 54.6 Å². The van der Waals surface area contributed by atoms with Crippen LogP contribution in [0.5, 0.6) is 0 Å². The molecule has 22 heavy (non-hydrogen) atoms. The van der Waals surface area contributed by atoms with Crippen LogP contribution in [0, 0.1) is 6.92 Å². The molecule has 0 atom stereocenters. The number of thiocarbonyl (C=S) groups is 1. The van der Waals surface area contributed by atoms with Gasteiger partial charge in [0.15, 0.2) is 0 Å². The Labute approximate surface area is 140 Å². The Hall–Kier alpha value is -1.85. The molecule has 0 unspecified atom stereocenters. The Bertz CT molecular complexity index is 627. The molecule has 0 bridgehead atoms. The van der Waals surface area contributed by atoms with E-state index < -0.39 is 0 Å². The van der Waals surface area contributed by atoms with Crippen LogP contribution in [-0.4, -0.2) is 16.0 Å². The maximum atomic E-state index is 11.8. The van der Waals surface area contributed by atoms with Crippen LogP contribution < -0.4 is 10.6 Å². The second-order valence-electron chi connectivity index (χ2n) is 4.83. The van der Waals surface area contributed by atoms with E-state index in [1.54, 1.807) is 0 Å². The number of carbonyl (C=O) groups is 1. The standard InChI is InChI=1S/C17H18N2OS2/c1-13-7-9-14(10-8-13)11-18-17(21)22-12-16(20)19-15-5-3-2-4-6-15/h2-10H,11-12H2,1H3,(H,18,21)(H,19,20). The first kappa shape index (κ1) is 16.5. The van der Waals surface area contributed by atoms with Crippen molar-refractivity contribution in [3.05, 3.63) is 65.7 Å². The number of hydrogen-bond donors (Lipinski definition) is 2. The maximum Gasteiger partial charge on any atom is 0.234 e. The van der Waals surface area contributed by atoms with Crippen molar-refractivity contribution in [3.8, 4) is 0 Å². The second-order valence-corrected chi connectivity index (χ2v) is 6.48. The van der Waals surface area contributed by atoms with Crippen molar-refractivity contribution in [1.29, 1.82) is 0 Å². The summed E-state index contributed by atoms with van der Waals surface area (Å²) in [6, 6.07) is 17.7. The quantitative estimate of drug-likeness (QED) is 0.820. The first-order valence-corrected chi connectivity index (χ1v) is 8.34. The summed E-state index contributed by atoms with van der Waals surface area (Å²) in [6.07, 6.45) is 0. The Morgan fingerprint density at radius 2 is 1.77 bits per heavy atom. The lowest BCUT2D eigenvalue weighted by molar-refractivity contribution is -0.113. The molecule has 0 heterocycles. The van der Waals surface area contributed by atoms with Gasteiger partial charge in [-0.1, -0.05) is 72.0 Å². The van der Waals surface area contributed by atoms with E-state index in [2.05, 4.69) is 41.8 Å². The summed E-state index contributed by atoms with van der Waals surface area (Å²) in [5, 5.41) is 5.98. The minimum atomic E-state index is -0.0596. The third-order valence-corrected chi connectivity index (χ3v) is 4.26. The second kappa shape index (κ2) is 8.56. The number of benzene rings is 2. The van der Waals surface area contributed by atoms with Crippen molar-refractivity contribution >= 4 is 39.9 Å². The summed E-state index contributed by atoms with van der Waals surface area (Å²) >= 11 is 6.57. The average molecular weight is 330 g/mol. The summed E-state index contributed by atoms with van der Waals surface area (Å²) in [5.74, 6) is 0.241. The molecule has 1 amide bonds. The summed E-state index contributed by atoms with van der Waals surface area (Å²) in [6.45, 7) is 2.73. The Morgan fingerprint density at radius 1 is 1.09 bits per heavy atom. The Morgan fingerprint density at radius 3 is 2.45 bits per heavy atom. The molecule has 0 radical (unpaired) electrons. The summed E-state index contributed by atoms with van der Waals surface area (Å²) in [7, 11) is 0. The van der Waals surface area contributed by atoms with Crippen molar-refractivity contribution < 1.29 is 4.79 Å². The number of hydrogen-bond acceptors (Lipinski definition) is 3.